The number of anilines is 1. The molecular weight excluding hydrogens is 352 g/mol. The number of carbonyl (C=O) groups excluding carboxylic acids is 1. The summed E-state index contributed by atoms with van der Waals surface area (Å²) in [5.74, 6) is 0. The first-order chi connectivity index (χ1) is 12.0. The highest BCUT2D eigenvalue weighted by Gasteiger charge is 2.14. The highest BCUT2D eigenvalue weighted by atomic mass is 32.1. The zero-order valence-electron chi connectivity index (χ0n) is 14.1. The van der Waals surface area contributed by atoms with Crippen LogP contribution in [0.15, 0.2) is 47.8 Å². The Labute approximate surface area is 155 Å². The van der Waals surface area contributed by atoms with Gasteiger partial charge in [-0.2, -0.15) is 0 Å². The average molecular weight is 373 g/mol. The third kappa shape index (κ3) is 4.48. The zero-order chi connectivity index (χ0) is 17.8. The molecule has 0 radical (unpaired) electrons. The first kappa shape index (κ1) is 17.7. The van der Waals surface area contributed by atoms with E-state index in [0.717, 1.165) is 25.9 Å². The third-order valence-corrected chi connectivity index (χ3v) is 6.01. The van der Waals surface area contributed by atoms with Crippen LogP contribution in [0.25, 0.3) is 0 Å². The number of urea groups is 1. The van der Waals surface area contributed by atoms with Gasteiger partial charge in [-0.3, -0.25) is 0 Å². The molecule has 0 saturated carbocycles. The number of amides is 2. The molecule has 2 heterocycles. The monoisotopic (exact) mass is 372 g/mol. The van der Waals surface area contributed by atoms with E-state index < -0.39 is 6.10 Å². The molecule has 1 atom stereocenters. The topological polar surface area (TPSA) is 61.4 Å². The van der Waals surface area contributed by atoms with Crippen LogP contribution in [0.1, 0.15) is 31.9 Å². The standard InChI is InChI=1S/C19H20N2O2S2/c1-12-5-6-14(10-13(12)2)21-19(23)20-11-15-7-8-17(25-15)18(22)16-4-3-9-24-16/h3-10,18,22H,11H2,1-2H3,(H2,20,21,23). The quantitative estimate of drug-likeness (QED) is 0.601. The molecule has 0 aliphatic carbocycles. The van der Waals surface area contributed by atoms with Crippen molar-refractivity contribution < 1.29 is 9.90 Å². The van der Waals surface area contributed by atoms with E-state index in [9.17, 15) is 9.90 Å². The van der Waals surface area contributed by atoms with Gasteiger partial charge in [0.15, 0.2) is 0 Å². The SMILES string of the molecule is Cc1ccc(NC(=O)NCc2ccc(C(O)c3cccs3)s2)cc1C. The molecule has 2 amide bonds. The Morgan fingerprint density at radius 2 is 1.96 bits per heavy atom. The summed E-state index contributed by atoms with van der Waals surface area (Å²) in [6.07, 6.45) is -0.594. The Hall–Kier alpha value is -2.15. The molecule has 0 fully saturated rings. The van der Waals surface area contributed by atoms with Crippen LogP contribution < -0.4 is 10.6 Å². The predicted molar refractivity (Wildman–Crippen MR) is 104 cm³/mol. The summed E-state index contributed by atoms with van der Waals surface area (Å²) >= 11 is 3.04. The van der Waals surface area contributed by atoms with Crippen LogP contribution in [0.3, 0.4) is 0 Å². The van der Waals surface area contributed by atoms with Crippen molar-refractivity contribution in [2.75, 3.05) is 5.32 Å². The van der Waals surface area contributed by atoms with Gasteiger partial charge in [-0.15, -0.1) is 22.7 Å². The molecule has 130 valence electrons. The second-order valence-electron chi connectivity index (χ2n) is 5.83. The maximum Gasteiger partial charge on any atom is 0.319 e. The molecule has 25 heavy (non-hydrogen) atoms. The van der Waals surface area contributed by atoms with Gasteiger partial charge in [-0.1, -0.05) is 12.1 Å². The van der Waals surface area contributed by atoms with E-state index in [4.69, 9.17) is 0 Å². The summed E-state index contributed by atoms with van der Waals surface area (Å²) in [5.41, 5.74) is 3.12. The molecule has 1 aromatic carbocycles. The van der Waals surface area contributed by atoms with Crippen LogP contribution in [0.2, 0.25) is 0 Å². The lowest BCUT2D eigenvalue weighted by atomic mass is 10.1. The maximum atomic E-state index is 12.0. The molecule has 0 saturated heterocycles. The van der Waals surface area contributed by atoms with E-state index in [1.807, 2.05) is 61.7 Å². The Bertz CT molecular complexity index is 856. The van der Waals surface area contributed by atoms with Crippen molar-refractivity contribution >= 4 is 34.4 Å². The fourth-order valence-electron chi connectivity index (χ4n) is 2.39. The first-order valence-corrected chi connectivity index (χ1v) is 9.65. The van der Waals surface area contributed by atoms with E-state index >= 15 is 0 Å². The van der Waals surface area contributed by atoms with Crippen LogP contribution >= 0.6 is 22.7 Å². The van der Waals surface area contributed by atoms with Gasteiger partial charge in [0.05, 0.1) is 6.54 Å². The van der Waals surface area contributed by atoms with Crippen LogP contribution in [0, 0.1) is 13.8 Å². The van der Waals surface area contributed by atoms with Gasteiger partial charge in [0.2, 0.25) is 0 Å². The normalized spacial score (nSPS) is 12.0. The van der Waals surface area contributed by atoms with E-state index in [1.165, 1.54) is 28.2 Å². The number of hydrogen-bond acceptors (Lipinski definition) is 4. The van der Waals surface area contributed by atoms with Gasteiger partial charge in [0.1, 0.15) is 6.10 Å². The lowest BCUT2D eigenvalue weighted by Crippen LogP contribution is -2.27. The number of thiophene rings is 2. The van der Waals surface area contributed by atoms with Crippen molar-refractivity contribution in [1.82, 2.24) is 5.32 Å². The van der Waals surface area contributed by atoms with Gasteiger partial charge < -0.3 is 15.7 Å². The summed E-state index contributed by atoms with van der Waals surface area (Å²) in [5, 5.41) is 18.0. The molecule has 0 spiro atoms. The molecule has 4 nitrogen and oxygen atoms in total. The van der Waals surface area contributed by atoms with Crippen molar-refractivity contribution in [3.05, 3.63) is 73.6 Å². The molecule has 0 aliphatic rings. The van der Waals surface area contributed by atoms with Crippen molar-refractivity contribution in [3.63, 3.8) is 0 Å². The van der Waals surface area contributed by atoms with Crippen LogP contribution in [-0.2, 0) is 6.54 Å². The molecule has 3 aromatic rings. The van der Waals surface area contributed by atoms with Crippen LogP contribution in [-0.4, -0.2) is 11.1 Å². The van der Waals surface area contributed by atoms with Gasteiger partial charge >= 0.3 is 6.03 Å². The Morgan fingerprint density at radius 3 is 2.68 bits per heavy atom. The van der Waals surface area contributed by atoms with Gasteiger partial charge in [-0.05, 0) is 60.7 Å². The average Bonchev–Trinajstić information content (AvgIpc) is 3.27. The molecule has 3 N–H and O–H groups in total. The van der Waals surface area contributed by atoms with Crippen molar-refractivity contribution in [2.45, 2.75) is 26.5 Å². The highest BCUT2D eigenvalue weighted by Crippen LogP contribution is 2.30. The lowest BCUT2D eigenvalue weighted by Gasteiger charge is -2.09. The summed E-state index contributed by atoms with van der Waals surface area (Å²) in [7, 11) is 0. The zero-order valence-corrected chi connectivity index (χ0v) is 15.7. The Balaban J connectivity index is 1.55. The largest absolute Gasteiger partial charge is 0.382 e. The van der Waals surface area contributed by atoms with E-state index in [-0.39, 0.29) is 6.03 Å². The summed E-state index contributed by atoms with van der Waals surface area (Å²) in [4.78, 5) is 14.9. The molecule has 6 heteroatoms. The summed E-state index contributed by atoms with van der Waals surface area (Å²) in [6, 6.07) is 13.3. The number of nitrogens with one attached hydrogen (secondary N) is 2. The minimum absolute atomic E-state index is 0.239. The summed E-state index contributed by atoms with van der Waals surface area (Å²) in [6.45, 7) is 4.49. The minimum Gasteiger partial charge on any atom is -0.382 e. The van der Waals surface area contributed by atoms with Gasteiger partial charge in [-0.25, -0.2) is 4.79 Å². The number of rotatable bonds is 5. The molecule has 1 unspecified atom stereocenters. The van der Waals surface area contributed by atoms with Crippen molar-refractivity contribution in [1.29, 1.82) is 0 Å². The van der Waals surface area contributed by atoms with Gasteiger partial charge in [0, 0.05) is 20.3 Å². The molecule has 0 aliphatic heterocycles. The number of carbonyl (C=O) groups is 1. The van der Waals surface area contributed by atoms with Crippen LogP contribution in [0.5, 0.6) is 0 Å². The van der Waals surface area contributed by atoms with Crippen molar-refractivity contribution in [3.8, 4) is 0 Å². The number of benzene rings is 1. The fourth-order valence-corrected chi connectivity index (χ4v) is 4.15. The van der Waals surface area contributed by atoms with E-state index in [1.54, 1.807) is 0 Å². The van der Waals surface area contributed by atoms with Crippen LogP contribution in [0.4, 0.5) is 10.5 Å². The third-order valence-electron chi connectivity index (χ3n) is 3.95. The number of aryl methyl sites for hydroxylation is 2. The summed E-state index contributed by atoms with van der Waals surface area (Å²) < 4.78 is 0. The Kier molecular flexibility index (Phi) is 5.53. The van der Waals surface area contributed by atoms with Crippen molar-refractivity contribution in [2.24, 2.45) is 0 Å². The molecule has 2 aromatic heterocycles. The number of aliphatic hydroxyl groups is 1. The first-order valence-electron chi connectivity index (χ1n) is 7.95. The molecule has 0 bridgehead atoms. The predicted octanol–water partition coefficient (Wildman–Crippen LogP) is 4.83. The Morgan fingerprint density at radius 1 is 1.12 bits per heavy atom. The lowest BCUT2D eigenvalue weighted by molar-refractivity contribution is 0.228. The van der Waals surface area contributed by atoms with E-state index in [0.29, 0.717) is 6.54 Å². The number of aliphatic hydroxyl groups excluding tert-OH is 1. The highest BCUT2D eigenvalue weighted by molar-refractivity contribution is 7.12. The number of hydrogen-bond donors (Lipinski definition) is 3. The maximum absolute atomic E-state index is 12.0. The second-order valence-corrected chi connectivity index (χ2v) is 8.01. The fraction of sp³-hybridized carbons (Fsp3) is 0.211. The molecular formula is C19H20N2O2S2. The van der Waals surface area contributed by atoms with Gasteiger partial charge in [0.25, 0.3) is 0 Å². The van der Waals surface area contributed by atoms with E-state index in [2.05, 4.69) is 10.6 Å². The minimum atomic E-state index is -0.594. The molecule has 3 rings (SSSR count). The second kappa shape index (κ2) is 7.82. The smallest absolute Gasteiger partial charge is 0.319 e.